The number of pyridine rings is 1. The Morgan fingerprint density at radius 1 is 0.897 bits per heavy atom. The molecule has 4 nitrogen and oxygen atoms in total. The predicted molar refractivity (Wildman–Crippen MR) is 117 cm³/mol. The van der Waals surface area contributed by atoms with E-state index < -0.39 is 0 Å². The molecule has 0 saturated heterocycles. The molecule has 0 amide bonds. The van der Waals surface area contributed by atoms with Crippen LogP contribution in [0.2, 0.25) is 0 Å². The van der Waals surface area contributed by atoms with Gasteiger partial charge in [0.2, 0.25) is 5.88 Å². The molecule has 0 N–H and O–H groups in total. The Morgan fingerprint density at radius 2 is 1.76 bits per heavy atom. The number of fused-ring (bicyclic) bond motifs is 1. The first-order valence-electron chi connectivity index (χ1n) is 10.2. The van der Waals surface area contributed by atoms with Gasteiger partial charge in [0.1, 0.15) is 12.1 Å². The monoisotopic (exact) mass is 383 g/mol. The van der Waals surface area contributed by atoms with Gasteiger partial charge >= 0.3 is 0 Å². The number of nitrogens with zero attached hydrogens (tertiary/aromatic N) is 3. The maximum absolute atomic E-state index is 5.82. The molecular formula is C25H25N3O. The summed E-state index contributed by atoms with van der Waals surface area (Å²) in [5.74, 6) is 1.86. The quantitative estimate of drug-likeness (QED) is 0.353. The maximum atomic E-state index is 5.82. The minimum atomic E-state index is 0.492. The largest absolute Gasteiger partial charge is 0.439 e. The molecule has 0 spiro atoms. The Bertz CT molecular complexity index is 1080. The molecule has 0 fully saturated rings. The van der Waals surface area contributed by atoms with Crippen molar-refractivity contribution in [2.24, 2.45) is 0 Å². The standard InChI is InChI=1S/C25H25N3O/c1-3-8-18(4-2)23-14-20(13-21-15-26-17-28-25(21)23)19-11-12-24(27-16-19)29-22-9-6-5-7-10-22/h5-7,9-18H,3-4,8H2,1-2H3. The van der Waals surface area contributed by atoms with Crippen molar-refractivity contribution in [3.63, 3.8) is 0 Å². The highest BCUT2D eigenvalue weighted by atomic mass is 16.5. The first-order chi connectivity index (χ1) is 14.3. The zero-order valence-electron chi connectivity index (χ0n) is 16.9. The number of ether oxygens (including phenoxy) is 1. The van der Waals surface area contributed by atoms with Crippen LogP contribution >= 0.6 is 0 Å². The topological polar surface area (TPSA) is 47.9 Å². The summed E-state index contributed by atoms with van der Waals surface area (Å²) in [6.07, 6.45) is 8.81. The van der Waals surface area contributed by atoms with E-state index in [1.54, 1.807) is 6.33 Å². The van der Waals surface area contributed by atoms with Crippen LogP contribution in [-0.4, -0.2) is 15.0 Å². The fraction of sp³-hybridized carbons (Fsp3) is 0.240. The Labute approximate surface area is 171 Å². The van der Waals surface area contributed by atoms with Gasteiger partial charge in [0.05, 0.1) is 5.52 Å². The average molecular weight is 383 g/mol. The minimum absolute atomic E-state index is 0.492. The molecule has 0 aliphatic heterocycles. The lowest BCUT2D eigenvalue weighted by atomic mass is 9.88. The number of hydrogen-bond donors (Lipinski definition) is 0. The summed E-state index contributed by atoms with van der Waals surface area (Å²) in [6.45, 7) is 4.48. The van der Waals surface area contributed by atoms with Gasteiger partial charge in [-0.25, -0.2) is 15.0 Å². The van der Waals surface area contributed by atoms with Crippen molar-refractivity contribution in [3.8, 4) is 22.8 Å². The van der Waals surface area contributed by atoms with Gasteiger partial charge in [-0.3, -0.25) is 0 Å². The highest BCUT2D eigenvalue weighted by Crippen LogP contribution is 2.34. The fourth-order valence-corrected chi connectivity index (χ4v) is 3.76. The molecule has 0 bridgehead atoms. The third-order valence-corrected chi connectivity index (χ3v) is 5.24. The van der Waals surface area contributed by atoms with Gasteiger partial charge in [-0.1, -0.05) is 38.5 Å². The van der Waals surface area contributed by atoms with Gasteiger partial charge in [0.15, 0.2) is 0 Å². The van der Waals surface area contributed by atoms with E-state index in [4.69, 9.17) is 4.74 Å². The second kappa shape index (κ2) is 8.82. The minimum Gasteiger partial charge on any atom is -0.439 e. The number of aromatic nitrogens is 3. The van der Waals surface area contributed by atoms with Crippen molar-refractivity contribution in [1.82, 2.24) is 15.0 Å². The Kier molecular flexibility index (Phi) is 5.80. The molecule has 2 heterocycles. The van der Waals surface area contributed by atoms with Gasteiger partial charge in [-0.15, -0.1) is 0 Å². The van der Waals surface area contributed by atoms with Crippen LogP contribution in [0, 0.1) is 0 Å². The first-order valence-corrected chi connectivity index (χ1v) is 10.2. The van der Waals surface area contributed by atoms with Crippen molar-refractivity contribution in [1.29, 1.82) is 0 Å². The van der Waals surface area contributed by atoms with Crippen LogP contribution in [0.5, 0.6) is 11.6 Å². The summed E-state index contributed by atoms with van der Waals surface area (Å²) < 4.78 is 5.82. The summed E-state index contributed by atoms with van der Waals surface area (Å²) >= 11 is 0. The lowest BCUT2D eigenvalue weighted by Crippen LogP contribution is -2.00. The molecule has 4 rings (SSSR count). The van der Waals surface area contributed by atoms with Crippen molar-refractivity contribution >= 4 is 10.9 Å². The lowest BCUT2D eigenvalue weighted by molar-refractivity contribution is 0.463. The second-order valence-corrected chi connectivity index (χ2v) is 7.22. The number of benzene rings is 2. The third kappa shape index (κ3) is 4.27. The molecule has 1 unspecified atom stereocenters. The smallest absolute Gasteiger partial charge is 0.219 e. The van der Waals surface area contributed by atoms with Crippen molar-refractivity contribution < 1.29 is 4.74 Å². The van der Waals surface area contributed by atoms with Gasteiger partial charge < -0.3 is 4.74 Å². The van der Waals surface area contributed by atoms with E-state index in [0.29, 0.717) is 11.8 Å². The average Bonchev–Trinajstić information content (AvgIpc) is 2.78. The predicted octanol–water partition coefficient (Wildman–Crippen LogP) is 6.78. The van der Waals surface area contributed by atoms with E-state index >= 15 is 0 Å². The van der Waals surface area contributed by atoms with Crippen LogP contribution in [0.4, 0.5) is 0 Å². The van der Waals surface area contributed by atoms with E-state index in [2.05, 4.69) is 47.0 Å². The lowest BCUT2D eigenvalue weighted by Gasteiger charge is -2.18. The fourth-order valence-electron chi connectivity index (χ4n) is 3.76. The Hall–Kier alpha value is -3.27. The van der Waals surface area contributed by atoms with Crippen molar-refractivity contribution in [2.75, 3.05) is 0 Å². The Balaban J connectivity index is 1.70. The van der Waals surface area contributed by atoms with Crippen LogP contribution in [0.15, 0.2) is 73.3 Å². The summed E-state index contributed by atoms with van der Waals surface area (Å²) in [7, 11) is 0. The number of para-hydroxylation sites is 1. The zero-order valence-corrected chi connectivity index (χ0v) is 16.9. The molecule has 0 radical (unpaired) electrons. The molecule has 0 saturated carbocycles. The summed E-state index contributed by atoms with van der Waals surface area (Å²) in [5, 5.41) is 1.07. The van der Waals surface area contributed by atoms with Gasteiger partial charge in [-0.2, -0.15) is 0 Å². The van der Waals surface area contributed by atoms with E-state index in [1.165, 1.54) is 5.56 Å². The van der Waals surface area contributed by atoms with E-state index in [-0.39, 0.29) is 0 Å². The van der Waals surface area contributed by atoms with E-state index in [1.807, 2.05) is 48.8 Å². The van der Waals surface area contributed by atoms with E-state index in [0.717, 1.165) is 47.0 Å². The zero-order chi connectivity index (χ0) is 20.1. The van der Waals surface area contributed by atoms with E-state index in [9.17, 15) is 0 Å². The summed E-state index contributed by atoms with van der Waals surface area (Å²) in [5.41, 5.74) is 4.55. The molecule has 146 valence electrons. The molecular weight excluding hydrogens is 358 g/mol. The van der Waals surface area contributed by atoms with Crippen molar-refractivity contribution in [2.45, 2.75) is 39.0 Å². The second-order valence-electron chi connectivity index (χ2n) is 7.22. The van der Waals surface area contributed by atoms with Crippen LogP contribution in [0.1, 0.15) is 44.6 Å². The molecule has 0 aliphatic carbocycles. The van der Waals surface area contributed by atoms with Gasteiger partial charge in [0.25, 0.3) is 0 Å². The molecule has 0 aliphatic rings. The van der Waals surface area contributed by atoms with Crippen LogP contribution in [0.25, 0.3) is 22.0 Å². The Morgan fingerprint density at radius 3 is 2.48 bits per heavy atom. The molecule has 2 aromatic heterocycles. The third-order valence-electron chi connectivity index (χ3n) is 5.24. The normalized spacial score (nSPS) is 12.1. The molecule has 4 heteroatoms. The van der Waals surface area contributed by atoms with Crippen LogP contribution in [-0.2, 0) is 0 Å². The number of hydrogen-bond acceptors (Lipinski definition) is 4. The molecule has 1 atom stereocenters. The van der Waals surface area contributed by atoms with Crippen LogP contribution < -0.4 is 4.74 Å². The number of rotatable bonds is 7. The molecule has 2 aromatic carbocycles. The van der Waals surface area contributed by atoms with Crippen molar-refractivity contribution in [3.05, 3.63) is 78.9 Å². The SMILES string of the molecule is CCCC(CC)c1cc(-c2ccc(Oc3ccccc3)nc2)cc2cncnc12. The summed E-state index contributed by atoms with van der Waals surface area (Å²) in [6, 6.07) is 18.1. The molecule has 29 heavy (non-hydrogen) atoms. The summed E-state index contributed by atoms with van der Waals surface area (Å²) in [4.78, 5) is 13.3. The molecule has 4 aromatic rings. The first kappa shape index (κ1) is 19.1. The van der Waals surface area contributed by atoms with Gasteiger partial charge in [0, 0.05) is 29.4 Å². The maximum Gasteiger partial charge on any atom is 0.219 e. The van der Waals surface area contributed by atoms with Crippen LogP contribution in [0.3, 0.4) is 0 Å². The van der Waals surface area contributed by atoms with Gasteiger partial charge in [-0.05, 0) is 60.2 Å². The highest BCUT2D eigenvalue weighted by Gasteiger charge is 2.15. The highest BCUT2D eigenvalue weighted by molar-refractivity contribution is 5.87.